The second-order valence-electron chi connectivity index (χ2n) is 21.9. The quantitative estimate of drug-likeness (QED) is 0.0798. The number of aromatic nitrogens is 4. The number of nitrogens with zero attached hydrogens (tertiary/aromatic N) is 6. The Bertz CT molecular complexity index is 2560. The van der Waals surface area contributed by atoms with Crippen molar-refractivity contribution in [3.63, 3.8) is 0 Å². The lowest BCUT2D eigenvalue weighted by atomic mass is 10.0. The number of H-pyrrole nitrogens is 1. The molecule has 0 saturated carbocycles. The highest BCUT2D eigenvalue weighted by molar-refractivity contribution is 9.10. The number of ether oxygens (including phenoxy) is 4. The van der Waals surface area contributed by atoms with Gasteiger partial charge in [0.2, 0.25) is 0 Å². The minimum atomic E-state index is -0.673. The Labute approximate surface area is 483 Å². The van der Waals surface area contributed by atoms with Gasteiger partial charge < -0.3 is 43.7 Å². The van der Waals surface area contributed by atoms with Gasteiger partial charge in [-0.3, -0.25) is 19.7 Å². The van der Waals surface area contributed by atoms with Crippen molar-refractivity contribution < 1.29 is 38.4 Å². The first-order valence-electron chi connectivity index (χ1n) is 28.3. The zero-order chi connectivity index (χ0) is 60.6. The summed E-state index contributed by atoms with van der Waals surface area (Å²) < 4.78 is 22.9. The van der Waals surface area contributed by atoms with Crippen molar-refractivity contribution in [2.45, 2.75) is 252 Å². The van der Waals surface area contributed by atoms with Crippen LogP contribution in [0.4, 0.5) is 14.4 Å². The average Bonchev–Trinajstić information content (AvgIpc) is 3.37. The lowest BCUT2D eigenvalue weighted by Gasteiger charge is -2.30. The minimum Gasteiger partial charge on any atom is -0.410 e. The van der Waals surface area contributed by atoms with Gasteiger partial charge in [-0.05, 0) is 173 Å². The fourth-order valence-electron chi connectivity index (χ4n) is 8.77. The molecule has 0 fully saturated rings. The van der Waals surface area contributed by atoms with E-state index in [2.05, 4.69) is 49.7 Å². The molecule has 0 aliphatic rings. The summed E-state index contributed by atoms with van der Waals surface area (Å²) in [5.74, 6) is 1.58. The van der Waals surface area contributed by atoms with Crippen LogP contribution in [0.5, 0.6) is 17.2 Å². The molecule has 0 bridgehead atoms. The van der Waals surface area contributed by atoms with Crippen molar-refractivity contribution in [3.8, 4) is 17.2 Å². The van der Waals surface area contributed by atoms with Gasteiger partial charge in [-0.1, -0.05) is 52.4 Å². The van der Waals surface area contributed by atoms with E-state index in [9.17, 15) is 24.3 Å². The zero-order valence-corrected chi connectivity index (χ0v) is 54.0. The number of aliphatic hydroxyl groups is 1. The standard InChI is InChI=1S/C20H34N2O3.C14H21BrN2O2.C14H22N2O2.C14H23NO2/c1-8-9-10-11-18(23)17-12-21-16(7)15(6)19(17)25-20(24)22(13(2)3)14(4)5;1-8(2)17(9(3)4)14(18)19-13-10(5)11(6)16-7-12(13)15;1-9(2)16(10(3)4)14(17)18-13-7-8-15-12(6)11(13)5;1-5-6-7-8-13(17-4)12-9-15-11(3)10(2)14(12)16/h12-14,18,23H,8-11H2,1-7H3;7-9H,1-6H3;7-10H,1-6H3;9,13H,5-8H2,1-4H3,(H,15,16). The lowest BCUT2D eigenvalue weighted by molar-refractivity contribution is 0.0920. The van der Waals surface area contributed by atoms with E-state index in [1.807, 2.05) is 138 Å². The van der Waals surface area contributed by atoms with Crippen molar-refractivity contribution >= 4 is 34.2 Å². The Morgan fingerprint density at radius 2 is 0.987 bits per heavy atom. The first-order chi connectivity index (χ1) is 36.9. The van der Waals surface area contributed by atoms with Crippen LogP contribution in [0.1, 0.15) is 217 Å². The molecule has 0 saturated heterocycles. The van der Waals surface area contributed by atoms with Gasteiger partial charge in [0.15, 0.2) is 11.2 Å². The number of amides is 3. The number of hydrogen-bond acceptors (Lipinski definition) is 12. The van der Waals surface area contributed by atoms with E-state index in [1.165, 1.54) is 12.8 Å². The largest absolute Gasteiger partial charge is 0.415 e. The van der Waals surface area contributed by atoms with Gasteiger partial charge >= 0.3 is 18.3 Å². The maximum Gasteiger partial charge on any atom is 0.415 e. The maximum absolute atomic E-state index is 12.7. The molecule has 2 unspecified atom stereocenters. The van der Waals surface area contributed by atoms with Gasteiger partial charge in [-0.15, -0.1) is 0 Å². The Balaban J connectivity index is 0.000000533. The van der Waals surface area contributed by atoms with Crippen LogP contribution in [-0.2, 0) is 4.74 Å². The van der Waals surface area contributed by atoms with Crippen molar-refractivity contribution in [3.05, 3.63) is 102 Å². The van der Waals surface area contributed by atoms with Gasteiger partial charge in [0.1, 0.15) is 11.5 Å². The zero-order valence-electron chi connectivity index (χ0n) is 52.4. The highest BCUT2D eigenvalue weighted by atomic mass is 79.9. The second kappa shape index (κ2) is 35.4. The molecule has 444 valence electrons. The number of nitrogens with one attached hydrogen (secondary N) is 1. The molecule has 17 heteroatoms. The molecular weight excluding hydrogens is 1070 g/mol. The van der Waals surface area contributed by atoms with E-state index in [1.54, 1.807) is 52.7 Å². The number of aromatic amines is 1. The van der Waals surface area contributed by atoms with Gasteiger partial charge in [-0.25, -0.2) is 14.4 Å². The molecule has 79 heavy (non-hydrogen) atoms. The van der Waals surface area contributed by atoms with Gasteiger partial charge in [0.25, 0.3) is 0 Å². The number of halogens is 1. The molecular formula is C62H100BrN7O9. The van der Waals surface area contributed by atoms with Crippen molar-refractivity contribution in [2.24, 2.45) is 0 Å². The fourth-order valence-corrected chi connectivity index (χ4v) is 9.25. The normalized spacial score (nSPS) is 11.8. The third kappa shape index (κ3) is 22.2. The monoisotopic (exact) mass is 1170 g/mol. The predicted molar refractivity (Wildman–Crippen MR) is 323 cm³/mol. The molecule has 0 aliphatic carbocycles. The minimum absolute atomic E-state index is 0.0358. The van der Waals surface area contributed by atoms with E-state index in [4.69, 9.17) is 18.9 Å². The molecule has 0 aromatic carbocycles. The molecule has 0 aliphatic heterocycles. The smallest absolute Gasteiger partial charge is 0.410 e. The molecule has 2 atom stereocenters. The van der Waals surface area contributed by atoms with Crippen molar-refractivity contribution in [2.75, 3.05) is 7.11 Å². The van der Waals surface area contributed by atoms with Crippen LogP contribution < -0.4 is 19.6 Å². The fraction of sp³-hybridized carbons (Fsp3) is 0.629. The summed E-state index contributed by atoms with van der Waals surface area (Å²) in [6.45, 7) is 43.1. The lowest BCUT2D eigenvalue weighted by Crippen LogP contribution is -2.43. The number of carbonyl (C=O) groups excluding carboxylic acids is 3. The maximum atomic E-state index is 12.7. The Kier molecular flexibility index (Phi) is 32.1. The number of aryl methyl sites for hydroxylation is 4. The topological polar surface area (TPSA) is 190 Å². The predicted octanol–water partition coefficient (Wildman–Crippen LogP) is 15.6. The van der Waals surface area contributed by atoms with Crippen LogP contribution >= 0.6 is 15.9 Å². The number of aliphatic hydroxyl groups excluding tert-OH is 1. The summed E-state index contributed by atoms with van der Waals surface area (Å²) in [6.07, 6.45) is 13.1. The first kappa shape index (κ1) is 71.6. The van der Waals surface area contributed by atoms with Crippen LogP contribution in [0.25, 0.3) is 0 Å². The average molecular weight is 1170 g/mol. The van der Waals surface area contributed by atoms with Crippen LogP contribution in [-0.4, -0.2) is 101 Å². The third-order valence-electron chi connectivity index (χ3n) is 13.7. The molecule has 3 amide bonds. The van der Waals surface area contributed by atoms with E-state index in [0.717, 1.165) is 82.7 Å². The van der Waals surface area contributed by atoms with E-state index in [0.29, 0.717) is 33.7 Å². The molecule has 2 N–H and O–H groups in total. The Hall–Kier alpha value is -5.39. The van der Waals surface area contributed by atoms with Gasteiger partial charge in [-0.2, -0.15) is 0 Å². The number of hydrogen-bond donors (Lipinski definition) is 2. The Morgan fingerprint density at radius 3 is 1.44 bits per heavy atom. The van der Waals surface area contributed by atoms with Crippen LogP contribution in [0.2, 0.25) is 0 Å². The highest BCUT2D eigenvalue weighted by Crippen LogP contribution is 2.34. The molecule has 4 aromatic rings. The molecule has 4 aromatic heterocycles. The van der Waals surface area contributed by atoms with E-state index >= 15 is 0 Å². The first-order valence-corrected chi connectivity index (χ1v) is 29.1. The summed E-state index contributed by atoms with van der Waals surface area (Å²) in [7, 11) is 1.67. The Morgan fingerprint density at radius 1 is 0.570 bits per heavy atom. The second-order valence-corrected chi connectivity index (χ2v) is 22.7. The third-order valence-corrected chi connectivity index (χ3v) is 14.3. The van der Waals surface area contributed by atoms with Gasteiger partial charge in [0.05, 0.1) is 16.7 Å². The summed E-state index contributed by atoms with van der Waals surface area (Å²) in [6, 6.07) is 2.20. The summed E-state index contributed by atoms with van der Waals surface area (Å²) >= 11 is 3.37. The van der Waals surface area contributed by atoms with Gasteiger partial charge in [0, 0.05) is 124 Å². The molecule has 4 heterocycles. The molecule has 16 nitrogen and oxygen atoms in total. The van der Waals surface area contributed by atoms with E-state index in [-0.39, 0.29) is 66.1 Å². The molecule has 0 radical (unpaired) electrons. The molecule has 0 spiro atoms. The number of carbonyl (C=O) groups is 3. The number of methoxy groups -OCH3 is 1. The van der Waals surface area contributed by atoms with Crippen LogP contribution in [0, 0.1) is 55.4 Å². The number of unbranched alkanes of at least 4 members (excludes halogenated alkanes) is 4. The SMILES string of the molecule is CCCCCC(O)c1cnc(C)c(C)c1OC(=O)N(C(C)C)C(C)C.CCCCCC(OC)c1c[nH]c(C)c(C)c1=O.Cc1ncc(Br)c(OC(=O)N(C(C)C)C(C)C)c1C.Cc1nccc(OC(=O)N(C(C)C)C(C)C)c1C. The summed E-state index contributed by atoms with van der Waals surface area (Å²) in [5.41, 5.74) is 8.29. The number of rotatable bonds is 20. The van der Waals surface area contributed by atoms with Crippen LogP contribution in [0.15, 0.2) is 40.1 Å². The summed E-state index contributed by atoms with van der Waals surface area (Å²) in [5, 5.41) is 10.6. The van der Waals surface area contributed by atoms with E-state index < -0.39 is 6.10 Å². The summed E-state index contributed by atoms with van der Waals surface area (Å²) in [4.78, 5) is 70.2. The van der Waals surface area contributed by atoms with Crippen LogP contribution in [0.3, 0.4) is 0 Å². The number of pyridine rings is 4. The van der Waals surface area contributed by atoms with Crippen molar-refractivity contribution in [1.82, 2.24) is 34.6 Å². The molecule has 4 rings (SSSR count). The highest BCUT2D eigenvalue weighted by Gasteiger charge is 2.28. The van der Waals surface area contributed by atoms with Crippen molar-refractivity contribution in [1.29, 1.82) is 0 Å².